The van der Waals surface area contributed by atoms with Crippen molar-refractivity contribution in [3.05, 3.63) is 59.7 Å². The van der Waals surface area contributed by atoms with Crippen molar-refractivity contribution in [2.45, 2.75) is 33.1 Å². The van der Waals surface area contributed by atoms with Gasteiger partial charge in [0.15, 0.2) is 0 Å². The fourth-order valence-corrected chi connectivity index (χ4v) is 3.38. The molecule has 0 bridgehead atoms. The van der Waals surface area contributed by atoms with Gasteiger partial charge in [0.2, 0.25) is 5.91 Å². The summed E-state index contributed by atoms with van der Waals surface area (Å²) in [5, 5.41) is 8.68. The first kappa shape index (κ1) is 26.9. The number of anilines is 2. The number of carbonyl (C=O) groups is 3. The molecule has 34 heavy (non-hydrogen) atoms. The van der Waals surface area contributed by atoms with E-state index >= 15 is 0 Å². The van der Waals surface area contributed by atoms with Crippen molar-refractivity contribution in [3.63, 3.8) is 0 Å². The van der Waals surface area contributed by atoms with Crippen LogP contribution in [0.15, 0.2) is 48.5 Å². The molecule has 0 aliphatic rings. The minimum atomic E-state index is -0.214. The zero-order valence-electron chi connectivity index (χ0n) is 20.4. The molecule has 3 amide bonds. The predicted molar refractivity (Wildman–Crippen MR) is 135 cm³/mol. The minimum Gasteiger partial charge on any atom is -0.385 e. The van der Waals surface area contributed by atoms with E-state index in [2.05, 4.69) is 29.8 Å². The molecule has 184 valence electrons. The number of nitrogens with one attached hydrogen (secondary N) is 3. The quantitative estimate of drug-likeness (QED) is 0.367. The lowest BCUT2D eigenvalue weighted by molar-refractivity contribution is -0.114. The van der Waals surface area contributed by atoms with Crippen LogP contribution < -0.4 is 16.0 Å². The highest BCUT2D eigenvalue weighted by molar-refractivity contribution is 5.97. The van der Waals surface area contributed by atoms with Crippen LogP contribution in [0.5, 0.6) is 0 Å². The number of rotatable bonds is 14. The summed E-state index contributed by atoms with van der Waals surface area (Å²) in [6.45, 7) is 6.82. The lowest BCUT2D eigenvalue weighted by atomic mass is 10.1. The molecule has 2 aromatic carbocycles. The number of benzene rings is 2. The van der Waals surface area contributed by atoms with E-state index in [1.165, 1.54) is 0 Å². The smallest absolute Gasteiger partial charge is 0.253 e. The van der Waals surface area contributed by atoms with Crippen LogP contribution in [0.4, 0.5) is 11.4 Å². The van der Waals surface area contributed by atoms with Gasteiger partial charge in [-0.25, -0.2) is 0 Å². The first-order chi connectivity index (χ1) is 16.5. The second-order valence-corrected chi connectivity index (χ2v) is 7.95. The molecule has 8 nitrogen and oxygen atoms in total. The Labute approximate surface area is 202 Å². The van der Waals surface area contributed by atoms with Gasteiger partial charge < -0.3 is 25.6 Å². The highest BCUT2D eigenvalue weighted by Gasteiger charge is 2.14. The van der Waals surface area contributed by atoms with Crippen molar-refractivity contribution in [2.24, 2.45) is 0 Å². The molecule has 0 unspecified atom stereocenters. The molecule has 8 heteroatoms. The summed E-state index contributed by atoms with van der Waals surface area (Å²) in [4.78, 5) is 38.9. The van der Waals surface area contributed by atoms with E-state index in [1.807, 2.05) is 4.90 Å². The van der Waals surface area contributed by atoms with E-state index in [0.29, 0.717) is 30.0 Å². The Morgan fingerprint density at radius 2 is 1.44 bits per heavy atom. The van der Waals surface area contributed by atoms with Crippen LogP contribution in [0.2, 0.25) is 0 Å². The number of methoxy groups -OCH3 is 1. The molecule has 0 fully saturated rings. The number of carbonyl (C=O) groups excluding carboxylic acids is 3. The topological polar surface area (TPSA) is 99.8 Å². The van der Waals surface area contributed by atoms with Gasteiger partial charge in [0.1, 0.15) is 0 Å². The Kier molecular flexibility index (Phi) is 11.6. The SMILES string of the molecule is CCCN(CCC)C(=O)c1ccc(NCC(=O)Nc2ccc(C(=O)NCCCOC)cc2)cc1. The largest absolute Gasteiger partial charge is 0.385 e. The standard InChI is InChI=1S/C26H36N4O4/c1-4-16-30(17-5-2)26(33)21-9-11-22(12-10-21)28-19-24(31)29-23-13-7-20(8-14-23)25(32)27-15-6-18-34-3/h7-14,28H,4-6,15-19H2,1-3H3,(H,27,32)(H,29,31). The molecule has 2 aromatic rings. The molecule has 0 aromatic heterocycles. The summed E-state index contributed by atoms with van der Waals surface area (Å²) in [7, 11) is 1.62. The summed E-state index contributed by atoms with van der Waals surface area (Å²) in [5.41, 5.74) is 2.53. The van der Waals surface area contributed by atoms with Gasteiger partial charge >= 0.3 is 0 Å². The fourth-order valence-electron chi connectivity index (χ4n) is 3.38. The van der Waals surface area contributed by atoms with Crippen molar-refractivity contribution < 1.29 is 19.1 Å². The maximum absolute atomic E-state index is 12.7. The van der Waals surface area contributed by atoms with Gasteiger partial charge in [-0.15, -0.1) is 0 Å². The first-order valence-corrected chi connectivity index (χ1v) is 11.8. The van der Waals surface area contributed by atoms with Gasteiger partial charge in [0.25, 0.3) is 11.8 Å². The van der Waals surface area contributed by atoms with E-state index in [-0.39, 0.29) is 24.3 Å². The van der Waals surface area contributed by atoms with Crippen LogP contribution in [-0.2, 0) is 9.53 Å². The molecule has 0 aliphatic heterocycles. The third kappa shape index (κ3) is 8.86. The molecule has 0 radical (unpaired) electrons. The second-order valence-electron chi connectivity index (χ2n) is 7.95. The maximum atomic E-state index is 12.7. The molecule has 0 saturated carbocycles. The molecule has 0 spiro atoms. The Bertz CT molecular complexity index is 907. The van der Waals surface area contributed by atoms with Gasteiger partial charge in [-0.1, -0.05) is 13.8 Å². The zero-order valence-corrected chi connectivity index (χ0v) is 20.4. The Balaban J connectivity index is 1.81. The molecule has 0 aliphatic carbocycles. The summed E-state index contributed by atoms with van der Waals surface area (Å²) in [5.74, 6) is -0.348. The van der Waals surface area contributed by atoms with Crippen LogP contribution in [-0.4, -0.2) is 62.5 Å². The van der Waals surface area contributed by atoms with Crippen molar-refractivity contribution in [3.8, 4) is 0 Å². The third-order valence-corrected chi connectivity index (χ3v) is 5.10. The Morgan fingerprint density at radius 1 is 0.853 bits per heavy atom. The van der Waals surface area contributed by atoms with Gasteiger partial charge in [-0.3, -0.25) is 14.4 Å². The third-order valence-electron chi connectivity index (χ3n) is 5.10. The highest BCUT2D eigenvalue weighted by atomic mass is 16.5. The Morgan fingerprint density at radius 3 is 2.03 bits per heavy atom. The summed E-state index contributed by atoms with van der Waals surface area (Å²) in [6, 6.07) is 13.9. The second kappa shape index (κ2) is 14.7. The summed E-state index contributed by atoms with van der Waals surface area (Å²) < 4.78 is 4.96. The lowest BCUT2D eigenvalue weighted by Gasteiger charge is -2.21. The van der Waals surface area contributed by atoms with Gasteiger partial charge in [-0.2, -0.15) is 0 Å². The predicted octanol–water partition coefficient (Wildman–Crippen LogP) is 3.77. The number of nitrogens with zero attached hydrogens (tertiary/aromatic N) is 1. The number of hydrogen-bond acceptors (Lipinski definition) is 5. The molecule has 0 saturated heterocycles. The van der Waals surface area contributed by atoms with E-state index in [4.69, 9.17) is 4.74 Å². The van der Waals surface area contributed by atoms with Crippen LogP contribution >= 0.6 is 0 Å². The molecular weight excluding hydrogens is 432 g/mol. The van der Waals surface area contributed by atoms with E-state index in [1.54, 1.807) is 55.6 Å². The van der Waals surface area contributed by atoms with Crippen molar-refractivity contribution >= 4 is 29.1 Å². The monoisotopic (exact) mass is 468 g/mol. The van der Waals surface area contributed by atoms with Crippen molar-refractivity contribution in [1.29, 1.82) is 0 Å². The van der Waals surface area contributed by atoms with Crippen LogP contribution in [0.3, 0.4) is 0 Å². The van der Waals surface area contributed by atoms with E-state index in [0.717, 1.165) is 38.0 Å². The van der Waals surface area contributed by atoms with E-state index in [9.17, 15) is 14.4 Å². The van der Waals surface area contributed by atoms with Crippen molar-refractivity contribution in [1.82, 2.24) is 10.2 Å². The number of amides is 3. The highest BCUT2D eigenvalue weighted by Crippen LogP contribution is 2.13. The molecule has 0 heterocycles. The normalized spacial score (nSPS) is 10.4. The molecule has 3 N–H and O–H groups in total. The Hall–Kier alpha value is -3.39. The fraction of sp³-hybridized carbons (Fsp3) is 0.423. The van der Waals surface area contributed by atoms with E-state index < -0.39 is 0 Å². The van der Waals surface area contributed by atoms with Gasteiger partial charge in [0.05, 0.1) is 6.54 Å². The number of ether oxygens (including phenoxy) is 1. The van der Waals surface area contributed by atoms with Crippen LogP contribution in [0, 0.1) is 0 Å². The van der Waals surface area contributed by atoms with Crippen LogP contribution in [0.25, 0.3) is 0 Å². The summed E-state index contributed by atoms with van der Waals surface area (Å²) >= 11 is 0. The lowest BCUT2D eigenvalue weighted by Crippen LogP contribution is -2.32. The molecule has 2 rings (SSSR count). The summed E-state index contributed by atoms with van der Waals surface area (Å²) in [6.07, 6.45) is 2.59. The average Bonchev–Trinajstić information content (AvgIpc) is 2.85. The first-order valence-electron chi connectivity index (χ1n) is 11.8. The zero-order chi connectivity index (χ0) is 24.8. The molecular formula is C26H36N4O4. The molecule has 0 atom stereocenters. The van der Waals surface area contributed by atoms with Gasteiger partial charge in [0, 0.05) is 55.9 Å². The number of hydrogen-bond donors (Lipinski definition) is 3. The van der Waals surface area contributed by atoms with Crippen molar-refractivity contribution in [2.75, 3.05) is 50.5 Å². The maximum Gasteiger partial charge on any atom is 0.253 e. The van der Waals surface area contributed by atoms with Crippen LogP contribution in [0.1, 0.15) is 53.8 Å². The minimum absolute atomic E-state index is 0.0279. The van der Waals surface area contributed by atoms with Gasteiger partial charge in [-0.05, 0) is 67.8 Å². The average molecular weight is 469 g/mol.